The lowest BCUT2D eigenvalue weighted by Crippen LogP contribution is -2.40. The van der Waals surface area contributed by atoms with Crippen molar-refractivity contribution in [2.75, 3.05) is 24.3 Å². The van der Waals surface area contributed by atoms with Crippen molar-refractivity contribution in [1.82, 2.24) is 0 Å². The predicted octanol–water partition coefficient (Wildman–Crippen LogP) is 2.38. The maximum Gasteiger partial charge on any atom is 0.244 e. The molecule has 0 aliphatic heterocycles. The van der Waals surface area contributed by atoms with Crippen molar-refractivity contribution in [1.29, 1.82) is 5.26 Å². The Morgan fingerprint density at radius 1 is 1.44 bits per heavy atom. The standard InChI is InChI=1S/C14H17N3O/c1-17(2)12-6-3-5-11(9-12)16-13(18)14(10-15)7-4-8-14/h3,5-6,9H,4,7-8H2,1-2H3,(H,16,18). The molecular weight excluding hydrogens is 226 g/mol. The SMILES string of the molecule is CN(C)c1cccc(NC(=O)C2(C#N)CCC2)c1. The molecule has 94 valence electrons. The van der Waals surface area contributed by atoms with Crippen LogP contribution in [0.15, 0.2) is 24.3 Å². The van der Waals surface area contributed by atoms with Gasteiger partial charge in [-0.3, -0.25) is 4.79 Å². The lowest BCUT2D eigenvalue weighted by Gasteiger charge is -2.33. The summed E-state index contributed by atoms with van der Waals surface area (Å²) < 4.78 is 0. The molecular formula is C14H17N3O. The highest BCUT2D eigenvalue weighted by molar-refractivity contribution is 5.98. The van der Waals surface area contributed by atoms with E-state index in [9.17, 15) is 4.79 Å². The normalized spacial score (nSPS) is 16.3. The van der Waals surface area contributed by atoms with E-state index in [-0.39, 0.29) is 5.91 Å². The quantitative estimate of drug-likeness (QED) is 0.886. The number of nitrogens with one attached hydrogen (secondary N) is 1. The Balaban J connectivity index is 2.12. The fourth-order valence-electron chi connectivity index (χ4n) is 2.03. The van der Waals surface area contributed by atoms with Crippen LogP contribution in [0.2, 0.25) is 0 Å². The van der Waals surface area contributed by atoms with Crippen LogP contribution < -0.4 is 10.2 Å². The van der Waals surface area contributed by atoms with E-state index in [2.05, 4.69) is 11.4 Å². The molecule has 0 spiro atoms. The smallest absolute Gasteiger partial charge is 0.244 e. The summed E-state index contributed by atoms with van der Waals surface area (Å²) in [4.78, 5) is 14.1. The Bertz CT molecular complexity index is 498. The number of nitrogens with zero attached hydrogens (tertiary/aromatic N) is 2. The number of carbonyl (C=O) groups is 1. The molecule has 1 N–H and O–H groups in total. The zero-order chi connectivity index (χ0) is 13.2. The van der Waals surface area contributed by atoms with Crippen LogP contribution in [-0.2, 0) is 4.79 Å². The zero-order valence-corrected chi connectivity index (χ0v) is 10.7. The number of hydrogen-bond acceptors (Lipinski definition) is 3. The molecule has 4 nitrogen and oxygen atoms in total. The Kier molecular flexibility index (Phi) is 3.24. The number of nitriles is 1. The minimum Gasteiger partial charge on any atom is -0.378 e. The Morgan fingerprint density at radius 3 is 2.67 bits per heavy atom. The molecule has 18 heavy (non-hydrogen) atoms. The van der Waals surface area contributed by atoms with Crippen LogP contribution in [0.5, 0.6) is 0 Å². The average Bonchev–Trinajstić information content (AvgIpc) is 2.28. The van der Waals surface area contributed by atoms with Crippen molar-refractivity contribution in [3.63, 3.8) is 0 Å². The summed E-state index contributed by atoms with van der Waals surface area (Å²) >= 11 is 0. The van der Waals surface area contributed by atoms with Gasteiger partial charge in [-0.15, -0.1) is 0 Å². The van der Waals surface area contributed by atoms with Crippen LogP contribution in [0.25, 0.3) is 0 Å². The van der Waals surface area contributed by atoms with Crippen LogP contribution in [-0.4, -0.2) is 20.0 Å². The highest BCUT2D eigenvalue weighted by Crippen LogP contribution is 2.41. The summed E-state index contributed by atoms with van der Waals surface area (Å²) in [7, 11) is 3.90. The second-order valence-corrected chi connectivity index (χ2v) is 4.95. The van der Waals surface area contributed by atoms with Crippen LogP contribution in [0.3, 0.4) is 0 Å². The molecule has 1 aromatic carbocycles. The number of hydrogen-bond donors (Lipinski definition) is 1. The van der Waals surface area contributed by atoms with Gasteiger partial charge in [0.15, 0.2) is 0 Å². The third-order valence-corrected chi connectivity index (χ3v) is 3.48. The summed E-state index contributed by atoms with van der Waals surface area (Å²) in [6, 6.07) is 9.76. The average molecular weight is 243 g/mol. The Hall–Kier alpha value is -2.02. The molecule has 0 heterocycles. The van der Waals surface area contributed by atoms with E-state index in [0.29, 0.717) is 12.8 Å². The van der Waals surface area contributed by atoms with E-state index in [1.807, 2.05) is 43.3 Å². The van der Waals surface area contributed by atoms with Crippen molar-refractivity contribution in [3.8, 4) is 6.07 Å². The molecule has 0 saturated heterocycles. The Morgan fingerprint density at radius 2 is 2.17 bits per heavy atom. The second-order valence-electron chi connectivity index (χ2n) is 4.95. The fraction of sp³-hybridized carbons (Fsp3) is 0.429. The molecule has 2 rings (SSSR count). The molecule has 0 unspecified atom stereocenters. The van der Waals surface area contributed by atoms with Crippen LogP contribution in [0, 0.1) is 16.7 Å². The first-order valence-electron chi connectivity index (χ1n) is 6.07. The van der Waals surface area contributed by atoms with Crippen molar-refractivity contribution in [2.45, 2.75) is 19.3 Å². The van der Waals surface area contributed by atoms with E-state index >= 15 is 0 Å². The van der Waals surface area contributed by atoms with Gasteiger partial charge in [0.05, 0.1) is 6.07 Å². The molecule has 1 fully saturated rings. The van der Waals surface area contributed by atoms with Crippen LogP contribution in [0.1, 0.15) is 19.3 Å². The van der Waals surface area contributed by atoms with Crippen molar-refractivity contribution < 1.29 is 4.79 Å². The second kappa shape index (κ2) is 4.69. The number of carbonyl (C=O) groups excluding carboxylic acids is 1. The van der Waals surface area contributed by atoms with Crippen LogP contribution in [0.4, 0.5) is 11.4 Å². The molecule has 0 radical (unpaired) electrons. The van der Waals surface area contributed by atoms with E-state index in [1.54, 1.807) is 0 Å². The summed E-state index contributed by atoms with van der Waals surface area (Å²) in [6.45, 7) is 0. The van der Waals surface area contributed by atoms with E-state index in [1.165, 1.54) is 0 Å². The molecule has 0 atom stereocenters. The van der Waals surface area contributed by atoms with E-state index < -0.39 is 5.41 Å². The van der Waals surface area contributed by atoms with E-state index in [0.717, 1.165) is 17.8 Å². The van der Waals surface area contributed by atoms with Crippen molar-refractivity contribution in [2.24, 2.45) is 5.41 Å². The minimum atomic E-state index is -0.797. The monoisotopic (exact) mass is 243 g/mol. The minimum absolute atomic E-state index is 0.174. The first-order chi connectivity index (χ1) is 8.57. The van der Waals surface area contributed by atoms with Crippen LogP contribution >= 0.6 is 0 Å². The number of rotatable bonds is 3. The summed E-state index contributed by atoms with van der Waals surface area (Å²) in [6.07, 6.45) is 2.30. The largest absolute Gasteiger partial charge is 0.378 e. The van der Waals surface area contributed by atoms with Gasteiger partial charge in [0.25, 0.3) is 0 Å². The molecule has 1 aliphatic carbocycles. The lowest BCUT2D eigenvalue weighted by atomic mass is 9.69. The summed E-state index contributed by atoms with van der Waals surface area (Å²) in [5, 5.41) is 12.0. The van der Waals surface area contributed by atoms with Gasteiger partial charge >= 0.3 is 0 Å². The first kappa shape index (κ1) is 12.4. The van der Waals surface area contributed by atoms with Gasteiger partial charge in [-0.2, -0.15) is 5.26 Å². The number of amides is 1. The topological polar surface area (TPSA) is 56.1 Å². The number of anilines is 2. The van der Waals surface area contributed by atoms with Gasteiger partial charge in [-0.1, -0.05) is 6.07 Å². The fourth-order valence-corrected chi connectivity index (χ4v) is 2.03. The van der Waals surface area contributed by atoms with Crippen molar-refractivity contribution in [3.05, 3.63) is 24.3 Å². The third-order valence-electron chi connectivity index (χ3n) is 3.48. The predicted molar refractivity (Wildman–Crippen MR) is 71.3 cm³/mol. The van der Waals surface area contributed by atoms with Gasteiger partial charge < -0.3 is 10.2 Å². The molecule has 4 heteroatoms. The van der Waals surface area contributed by atoms with Gasteiger partial charge in [0, 0.05) is 25.5 Å². The van der Waals surface area contributed by atoms with Crippen molar-refractivity contribution >= 4 is 17.3 Å². The zero-order valence-electron chi connectivity index (χ0n) is 10.7. The summed E-state index contributed by atoms with van der Waals surface area (Å²) in [5.41, 5.74) is 0.967. The molecule has 1 aromatic rings. The molecule has 1 aliphatic rings. The molecule has 0 bridgehead atoms. The lowest BCUT2D eigenvalue weighted by molar-refractivity contribution is -0.126. The maximum absolute atomic E-state index is 12.1. The van der Waals surface area contributed by atoms with Gasteiger partial charge in [0.2, 0.25) is 5.91 Å². The van der Waals surface area contributed by atoms with Gasteiger partial charge in [-0.05, 0) is 37.5 Å². The van der Waals surface area contributed by atoms with E-state index in [4.69, 9.17) is 5.26 Å². The number of benzene rings is 1. The van der Waals surface area contributed by atoms with Gasteiger partial charge in [-0.25, -0.2) is 0 Å². The Labute approximate surface area is 107 Å². The molecule has 0 aromatic heterocycles. The van der Waals surface area contributed by atoms with Gasteiger partial charge in [0.1, 0.15) is 5.41 Å². The highest BCUT2D eigenvalue weighted by atomic mass is 16.2. The summed E-state index contributed by atoms with van der Waals surface area (Å²) in [5.74, 6) is -0.174. The molecule has 1 saturated carbocycles. The first-order valence-corrected chi connectivity index (χ1v) is 6.07. The third kappa shape index (κ3) is 2.17. The maximum atomic E-state index is 12.1. The molecule has 1 amide bonds. The highest BCUT2D eigenvalue weighted by Gasteiger charge is 2.44.